The van der Waals surface area contributed by atoms with Crippen LogP contribution in [0.5, 0.6) is 0 Å². The van der Waals surface area contributed by atoms with Gasteiger partial charge in [0.2, 0.25) is 0 Å². The van der Waals surface area contributed by atoms with Gasteiger partial charge in [0.05, 0.1) is 0 Å². The molecule has 3 nitrogen and oxygen atoms in total. The maximum atomic E-state index is 10.1. The number of allylic oxidation sites excluding steroid dienone is 1. The number of hydrogen-bond acceptors (Lipinski definition) is 2. The van der Waals surface area contributed by atoms with Crippen molar-refractivity contribution in [1.29, 1.82) is 0 Å². The van der Waals surface area contributed by atoms with Gasteiger partial charge in [0, 0.05) is 6.42 Å². The Hall–Kier alpha value is -0.990. The molecule has 0 atom stereocenters. The fraction of sp³-hybridized carbons (Fsp3) is 0.700. The van der Waals surface area contributed by atoms with Crippen molar-refractivity contribution in [3.63, 3.8) is 0 Å². The summed E-state index contributed by atoms with van der Waals surface area (Å²) in [5, 5.41) is 8.24. The predicted molar refractivity (Wildman–Crippen MR) is 51.6 cm³/mol. The molecule has 0 heterocycles. The van der Waals surface area contributed by atoms with Gasteiger partial charge < -0.3 is 9.84 Å². The Bertz CT molecular complexity index is 164. The minimum Gasteiger partial charge on any atom is -0.449 e. The zero-order valence-electron chi connectivity index (χ0n) is 8.21. The van der Waals surface area contributed by atoms with Gasteiger partial charge in [-0.2, -0.15) is 0 Å². The molecule has 0 saturated carbocycles. The molecule has 3 heteroatoms. The lowest BCUT2D eigenvalue weighted by atomic mass is 10.1. The van der Waals surface area contributed by atoms with Crippen molar-refractivity contribution in [3.8, 4) is 0 Å². The average Bonchev–Trinajstić information content (AvgIpc) is 2.02. The van der Waals surface area contributed by atoms with Crippen LogP contribution in [-0.4, -0.2) is 11.3 Å². The molecule has 0 rings (SSSR count). The maximum Gasteiger partial charge on any atom is 0.510 e. The number of unbranched alkanes of at least 4 members (excludes halogenated alkanes) is 4. The molecule has 0 aromatic carbocycles. The molecule has 0 fully saturated rings. The Morgan fingerprint density at radius 3 is 2.46 bits per heavy atom. The smallest absolute Gasteiger partial charge is 0.449 e. The first kappa shape index (κ1) is 12.0. The quantitative estimate of drug-likeness (QED) is 0.375. The Morgan fingerprint density at radius 1 is 1.31 bits per heavy atom. The molecule has 0 aliphatic carbocycles. The summed E-state index contributed by atoms with van der Waals surface area (Å²) in [4.78, 5) is 10.1. The van der Waals surface area contributed by atoms with Crippen LogP contribution < -0.4 is 0 Å². The van der Waals surface area contributed by atoms with Crippen molar-refractivity contribution in [2.45, 2.75) is 45.4 Å². The first-order valence-electron chi connectivity index (χ1n) is 4.75. The largest absolute Gasteiger partial charge is 0.510 e. The standard InChI is InChI=1S/C10H18O3/c1-3-4-5-6-7-8-9(2)13-10(11)12/h2-8H2,1H3,(H,11,12). The maximum absolute atomic E-state index is 10.1. The molecule has 0 aliphatic rings. The molecule has 0 saturated heterocycles. The van der Waals surface area contributed by atoms with Crippen molar-refractivity contribution < 1.29 is 14.6 Å². The van der Waals surface area contributed by atoms with E-state index in [4.69, 9.17) is 5.11 Å². The van der Waals surface area contributed by atoms with Gasteiger partial charge >= 0.3 is 6.16 Å². The fourth-order valence-electron chi connectivity index (χ4n) is 1.10. The lowest BCUT2D eigenvalue weighted by molar-refractivity contribution is 0.116. The highest BCUT2D eigenvalue weighted by Crippen LogP contribution is 2.10. The van der Waals surface area contributed by atoms with Crippen molar-refractivity contribution in [2.24, 2.45) is 0 Å². The summed E-state index contributed by atoms with van der Waals surface area (Å²) >= 11 is 0. The van der Waals surface area contributed by atoms with Crippen LogP contribution in [0.25, 0.3) is 0 Å². The van der Waals surface area contributed by atoms with Crippen molar-refractivity contribution in [2.75, 3.05) is 0 Å². The highest BCUT2D eigenvalue weighted by atomic mass is 16.7. The van der Waals surface area contributed by atoms with Crippen molar-refractivity contribution in [3.05, 3.63) is 12.3 Å². The van der Waals surface area contributed by atoms with Gasteiger partial charge in [-0.05, 0) is 6.42 Å². The highest BCUT2D eigenvalue weighted by Gasteiger charge is 2.00. The van der Waals surface area contributed by atoms with Crippen LogP contribution in [0.2, 0.25) is 0 Å². The average molecular weight is 186 g/mol. The van der Waals surface area contributed by atoms with Crippen LogP contribution in [-0.2, 0) is 4.74 Å². The van der Waals surface area contributed by atoms with Crippen LogP contribution in [0.15, 0.2) is 12.3 Å². The van der Waals surface area contributed by atoms with E-state index in [0.29, 0.717) is 12.2 Å². The second-order valence-corrected chi connectivity index (χ2v) is 3.07. The molecular formula is C10H18O3. The van der Waals surface area contributed by atoms with Gasteiger partial charge in [-0.1, -0.05) is 39.2 Å². The van der Waals surface area contributed by atoms with Crippen LogP contribution in [0.4, 0.5) is 4.79 Å². The van der Waals surface area contributed by atoms with Gasteiger partial charge in [0.1, 0.15) is 5.76 Å². The third-order valence-corrected chi connectivity index (χ3v) is 1.79. The van der Waals surface area contributed by atoms with Crippen molar-refractivity contribution >= 4 is 6.16 Å². The zero-order valence-corrected chi connectivity index (χ0v) is 8.21. The van der Waals surface area contributed by atoms with Gasteiger partial charge in [0.25, 0.3) is 0 Å². The summed E-state index contributed by atoms with van der Waals surface area (Å²) in [5.74, 6) is 0.351. The topological polar surface area (TPSA) is 46.5 Å². The van der Waals surface area contributed by atoms with Gasteiger partial charge in [-0.3, -0.25) is 0 Å². The van der Waals surface area contributed by atoms with Gasteiger partial charge in [-0.25, -0.2) is 4.79 Å². The van der Waals surface area contributed by atoms with Gasteiger partial charge in [0.15, 0.2) is 0 Å². The molecule has 0 aromatic rings. The van der Waals surface area contributed by atoms with Crippen LogP contribution in [0, 0.1) is 0 Å². The molecule has 0 aromatic heterocycles. The highest BCUT2D eigenvalue weighted by molar-refractivity contribution is 5.58. The van der Waals surface area contributed by atoms with E-state index in [0.717, 1.165) is 12.8 Å². The van der Waals surface area contributed by atoms with E-state index in [9.17, 15) is 4.79 Å². The summed E-state index contributed by atoms with van der Waals surface area (Å²) in [6.45, 7) is 5.67. The monoisotopic (exact) mass is 186 g/mol. The van der Waals surface area contributed by atoms with Crippen LogP contribution in [0.3, 0.4) is 0 Å². The molecule has 0 unspecified atom stereocenters. The summed E-state index contributed by atoms with van der Waals surface area (Å²) in [5.41, 5.74) is 0. The number of ether oxygens (including phenoxy) is 1. The van der Waals surface area contributed by atoms with E-state index in [1.807, 2.05) is 0 Å². The molecule has 13 heavy (non-hydrogen) atoms. The van der Waals surface area contributed by atoms with E-state index < -0.39 is 6.16 Å². The van der Waals surface area contributed by atoms with E-state index in [1.165, 1.54) is 19.3 Å². The Kier molecular flexibility index (Phi) is 7.07. The third-order valence-electron chi connectivity index (χ3n) is 1.79. The Labute approximate surface area is 79.4 Å². The zero-order chi connectivity index (χ0) is 10.1. The minimum atomic E-state index is -1.27. The molecule has 76 valence electrons. The first-order chi connectivity index (χ1) is 6.16. The first-order valence-corrected chi connectivity index (χ1v) is 4.75. The molecule has 1 N–H and O–H groups in total. The van der Waals surface area contributed by atoms with E-state index >= 15 is 0 Å². The molecule has 0 amide bonds. The normalized spacial score (nSPS) is 9.62. The summed E-state index contributed by atoms with van der Waals surface area (Å²) in [7, 11) is 0. The summed E-state index contributed by atoms with van der Waals surface area (Å²) < 4.78 is 4.38. The lowest BCUT2D eigenvalue weighted by Gasteiger charge is -2.03. The predicted octanol–water partition coefficient (Wildman–Crippen LogP) is 3.56. The van der Waals surface area contributed by atoms with Crippen LogP contribution in [0.1, 0.15) is 45.4 Å². The number of rotatable bonds is 7. The van der Waals surface area contributed by atoms with Crippen molar-refractivity contribution in [1.82, 2.24) is 0 Å². The fourth-order valence-corrected chi connectivity index (χ4v) is 1.10. The van der Waals surface area contributed by atoms with Gasteiger partial charge in [-0.15, -0.1) is 0 Å². The third kappa shape index (κ3) is 8.92. The summed E-state index contributed by atoms with van der Waals surface area (Å²) in [6, 6.07) is 0. The van der Waals surface area contributed by atoms with Crippen LogP contribution >= 0.6 is 0 Å². The SMILES string of the molecule is C=C(CCCCCCC)OC(=O)O. The number of carbonyl (C=O) groups is 1. The lowest BCUT2D eigenvalue weighted by Crippen LogP contribution is -1.98. The second kappa shape index (κ2) is 7.65. The minimum absolute atomic E-state index is 0.351. The number of carboxylic acid groups (broad SMARTS) is 1. The van der Waals surface area contributed by atoms with E-state index in [-0.39, 0.29) is 0 Å². The Balaban J connectivity index is 3.22. The molecular weight excluding hydrogens is 168 g/mol. The molecule has 0 spiro atoms. The number of hydrogen-bond donors (Lipinski definition) is 1. The molecule has 0 aliphatic heterocycles. The molecule has 0 bridgehead atoms. The molecule has 0 radical (unpaired) electrons. The van der Waals surface area contributed by atoms with E-state index in [1.54, 1.807) is 0 Å². The Morgan fingerprint density at radius 2 is 1.92 bits per heavy atom. The summed E-state index contributed by atoms with van der Waals surface area (Å²) in [6.07, 6.45) is 5.13. The van der Waals surface area contributed by atoms with E-state index in [2.05, 4.69) is 18.2 Å². The second-order valence-electron chi connectivity index (χ2n) is 3.07.